The number of rotatable bonds is 3. The largest absolute Gasteiger partial charge is 0.353 e. The summed E-state index contributed by atoms with van der Waals surface area (Å²) in [6.07, 6.45) is 1.29. The lowest BCUT2D eigenvalue weighted by atomic mass is 10.1. The van der Waals surface area contributed by atoms with E-state index in [9.17, 15) is 0 Å². The van der Waals surface area contributed by atoms with E-state index in [1.54, 1.807) is 0 Å². The van der Waals surface area contributed by atoms with Crippen LogP contribution >= 0.6 is 11.8 Å². The van der Waals surface area contributed by atoms with Crippen LogP contribution in [0.4, 0.5) is 0 Å². The van der Waals surface area contributed by atoms with Crippen molar-refractivity contribution in [3.8, 4) is 0 Å². The molecule has 1 saturated heterocycles. The van der Waals surface area contributed by atoms with E-state index in [2.05, 4.69) is 29.6 Å². The van der Waals surface area contributed by atoms with Gasteiger partial charge in [0.1, 0.15) is 0 Å². The molecule has 14 heavy (non-hydrogen) atoms. The van der Waals surface area contributed by atoms with E-state index in [4.69, 9.17) is 5.84 Å². The van der Waals surface area contributed by atoms with Crippen molar-refractivity contribution in [2.75, 3.05) is 18.1 Å². The topological polar surface area (TPSA) is 62.4 Å². The minimum absolute atomic E-state index is 0.364. The molecule has 4 nitrogen and oxygen atoms in total. The van der Waals surface area contributed by atoms with Gasteiger partial charge in [0, 0.05) is 12.6 Å². The van der Waals surface area contributed by atoms with Crippen LogP contribution in [0.2, 0.25) is 0 Å². The fraction of sp³-hybridized carbons (Fsp3) is 0.889. The number of guanidine groups is 1. The van der Waals surface area contributed by atoms with Gasteiger partial charge in [0.15, 0.2) is 0 Å². The van der Waals surface area contributed by atoms with Crippen molar-refractivity contribution in [2.45, 2.75) is 26.3 Å². The van der Waals surface area contributed by atoms with Crippen molar-refractivity contribution >= 4 is 17.7 Å². The van der Waals surface area contributed by atoms with Crippen LogP contribution in [0.3, 0.4) is 0 Å². The van der Waals surface area contributed by atoms with Gasteiger partial charge in [0.2, 0.25) is 5.96 Å². The average molecular weight is 216 g/mol. The molecule has 4 N–H and O–H groups in total. The quantitative estimate of drug-likeness (QED) is 0.279. The summed E-state index contributed by atoms with van der Waals surface area (Å²) in [4.78, 5) is 4.42. The summed E-state index contributed by atoms with van der Waals surface area (Å²) in [6.45, 7) is 5.02. The highest BCUT2D eigenvalue weighted by Crippen LogP contribution is 2.23. The van der Waals surface area contributed by atoms with Gasteiger partial charge in [0.05, 0.1) is 0 Å². The maximum absolute atomic E-state index is 5.36. The Morgan fingerprint density at radius 2 is 2.43 bits per heavy atom. The van der Waals surface area contributed by atoms with Crippen molar-refractivity contribution in [3.63, 3.8) is 0 Å². The molecule has 1 rings (SSSR count). The van der Waals surface area contributed by atoms with Crippen molar-refractivity contribution < 1.29 is 0 Å². The number of hydrogen-bond acceptors (Lipinski definition) is 3. The van der Waals surface area contributed by atoms with Gasteiger partial charge in [-0.1, -0.05) is 0 Å². The minimum atomic E-state index is 0.364. The zero-order chi connectivity index (χ0) is 10.4. The van der Waals surface area contributed by atoms with Crippen molar-refractivity contribution in [3.05, 3.63) is 0 Å². The second-order valence-electron chi connectivity index (χ2n) is 3.86. The molecule has 82 valence electrons. The lowest BCUT2D eigenvalue weighted by molar-refractivity contribution is 0.604. The highest BCUT2D eigenvalue weighted by atomic mass is 32.2. The highest BCUT2D eigenvalue weighted by molar-refractivity contribution is 7.99. The van der Waals surface area contributed by atoms with E-state index in [-0.39, 0.29) is 0 Å². The Kier molecular flexibility index (Phi) is 5.11. The van der Waals surface area contributed by atoms with Crippen LogP contribution in [-0.2, 0) is 0 Å². The molecule has 0 aromatic rings. The van der Waals surface area contributed by atoms with Crippen molar-refractivity contribution in [1.29, 1.82) is 0 Å². The SMILES string of the molecule is CC(C)NC(=NCC1CCSC1)NN. The predicted octanol–water partition coefficient (Wildman–Crippen LogP) is 0.557. The Hall–Kier alpha value is -0.420. The predicted molar refractivity (Wildman–Crippen MR) is 63.3 cm³/mol. The summed E-state index contributed by atoms with van der Waals surface area (Å²) in [6, 6.07) is 0.364. The molecule has 0 radical (unpaired) electrons. The van der Waals surface area contributed by atoms with E-state index in [0.29, 0.717) is 12.0 Å². The fourth-order valence-corrected chi connectivity index (χ4v) is 2.63. The molecule has 1 atom stereocenters. The van der Waals surface area contributed by atoms with Gasteiger partial charge in [-0.2, -0.15) is 11.8 Å². The molecule has 1 aliphatic rings. The van der Waals surface area contributed by atoms with Gasteiger partial charge < -0.3 is 5.32 Å². The molecule has 0 amide bonds. The molecule has 0 bridgehead atoms. The second kappa shape index (κ2) is 6.14. The van der Waals surface area contributed by atoms with E-state index in [0.717, 1.165) is 12.5 Å². The van der Waals surface area contributed by atoms with Gasteiger partial charge in [-0.3, -0.25) is 10.4 Å². The lowest BCUT2D eigenvalue weighted by Crippen LogP contribution is -2.44. The molecular weight excluding hydrogens is 196 g/mol. The molecule has 0 aromatic heterocycles. The van der Waals surface area contributed by atoms with Gasteiger partial charge in [-0.05, 0) is 37.7 Å². The number of nitrogens with one attached hydrogen (secondary N) is 2. The standard InChI is InChI=1S/C9H20N4S/c1-7(2)12-9(13-10)11-5-8-3-4-14-6-8/h7-8H,3-6,10H2,1-2H3,(H2,11,12,13). The third-order valence-electron chi connectivity index (χ3n) is 2.09. The third kappa shape index (κ3) is 4.19. The Labute approximate surface area is 90.1 Å². The van der Waals surface area contributed by atoms with Crippen LogP contribution in [-0.4, -0.2) is 30.1 Å². The van der Waals surface area contributed by atoms with Gasteiger partial charge in [0.25, 0.3) is 0 Å². The van der Waals surface area contributed by atoms with Crippen LogP contribution in [0.1, 0.15) is 20.3 Å². The second-order valence-corrected chi connectivity index (χ2v) is 5.01. The van der Waals surface area contributed by atoms with Gasteiger partial charge in [-0.15, -0.1) is 0 Å². The van der Waals surface area contributed by atoms with Crippen LogP contribution in [0, 0.1) is 5.92 Å². The molecule has 1 aliphatic heterocycles. The Morgan fingerprint density at radius 3 is 2.93 bits per heavy atom. The van der Waals surface area contributed by atoms with Gasteiger partial charge >= 0.3 is 0 Å². The van der Waals surface area contributed by atoms with Crippen LogP contribution in [0.25, 0.3) is 0 Å². The normalized spacial score (nSPS) is 22.9. The molecule has 1 heterocycles. The molecule has 0 aromatic carbocycles. The number of nitrogens with zero attached hydrogens (tertiary/aromatic N) is 1. The summed E-state index contributed by atoms with van der Waals surface area (Å²) in [5.74, 6) is 9.32. The Morgan fingerprint density at radius 1 is 1.64 bits per heavy atom. The van der Waals surface area contributed by atoms with Crippen LogP contribution < -0.4 is 16.6 Å². The number of nitrogens with two attached hydrogens (primary N) is 1. The first-order valence-corrected chi connectivity index (χ1v) is 6.23. The molecule has 5 heteroatoms. The fourth-order valence-electron chi connectivity index (χ4n) is 1.35. The van der Waals surface area contributed by atoms with E-state index in [1.807, 2.05) is 11.8 Å². The van der Waals surface area contributed by atoms with Crippen molar-refractivity contribution in [2.24, 2.45) is 16.8 Å². The summed E-state index contributed by atoms with van der Waals surface area (Å²) >= 11 is 2.01. The lowest BCUT2D eigenvalue weighted by Gasteiger charge is -2.13. The van der Waals surface area contributed by atoms with Crippen molar-refractivity contribution in [1.82, 2.24) is 10.7 Å². The van der Waals surface area contributed by atoms with E-state index in [1.165, 1.54) is 17.9 Å². The number of aliphatic imine (C=N–C) groups is 1. The molecule has 1 fully saturated rings. The summed E-state index contributed by atoms with van der Waals surface area (Å²) in [5, 5.41) is 3.16. The first-order chi connectivity index (χ1) is 6.72. The average Bonchev–Trinajstić information content (AvgIpc) is 2.64. The number of thioether (sulfide) groups is 1. The monoisotopic (exact) mass is 216 g/mol. The molecule has 1 unspecified atom stereocenters. The summed E-state index contributed by atoms with van der Waals surface area (Å²) in [5.41, 5.74) is 2.59. The zero-order valence-electron chi connectivity index (χ0n) is 8.92. The maximum Gasteiger partial charge on any atom is 0.205 e. The first-order valence-electron chi connectivity index (χ1n) is 5.07. The Balaban J connectivity index is 2.30. The zero-order valence-corrected chi connectivity index (χ0v) is 9.73. The van der Waals surface area contributed by atoms with E-state index >= 15 is 0 Å². The molecule has 0 spiro atoms. The molecule has 0 aliphatic carbocycles. The summed E-state index contributed by atoms with van der Waals surface area (Å²) in [7, 11) is 0. The summed E-state index contributed by atoms with van der Waals surface area (Å²) < 4.78 is 0. The molecular formula is C9H20N4S. The Bertz CT molecular complexity index is 187. The maximum atomic E-state index is 5.36. The third-order valence-corrected chi connectivity index (χ3v) is 3.33. The van der Waals surface area contributed by atoms with Crippen LogP contribution in [0.15, 0.2) is 4.99 Å². The molecule has 0 saturated carbocycles. The number of hydrazine groups is 1. The number of hydrogen-bond donors (Lipinski definition) is 3. The first kappa shape index (κ1) is 11.7. The minimum Gasteiger partial charge on any atom is -0.353 e. The van der Waals surface area contributed by atoms with Gasteiger partial charge in [-0.25, -0.2) is 5.84 Å². The smallest absolute Gasteiger partial charge is 0.205 e. The van der Waals surface area contributed by atoms with Crippen LogP contribution in [0.5, 0.6) is 0 Å². The highest BCUT2D eigenvalue weighted by Gasteiger charge is 2.14. The van der Waals surface area contributed by atoms with E-state index < -0.39 is 0 Å².